The van der Waals surface area contributed by atoms with Gasteiger partial charge in [-0.15, -0.1) is 11.3 Å². The number of hydrogen-bond acceptors (Lipinski definition) is 5. The quantitative estimate of drug-likeness (QED) is 0.671. The summed E-state index contributed by atoms with van der Waals surface area (Å²) in [6.45, 7) is 1.65. The summed E-state index contributed by atoms with van der Waals surface area (Å²) in [6.07, 6.45) is -0.599. The van der Waals surface area contributed by atoms with Crippen LogP contribution in [0.25, 0.3) is 10.6 Å². The molecule has 0 saturated carbocycles. The van der Waals surface area contributed by atoms with Gasteiger partial charge in [0.25, 0.3) is 5.69 Å². The zero-order valence-electron chi connectivity index (χ0n) is 9.03. The first-order valence-corrected chi connectivity index (χ1v) is 5.84. The average molecular weight is 250 g/mol. The molecule has 1 unspecified atom stereocenters. The van der Waals surface area contributed by atoms with Gasteiger partial charge in [-0.05, 0) is 19.1 Å². The first kappa shape index (κ1) is 11.7. The molecular formula is C11H10N2O3S. The van der Waals surface area contributed by atoms with Gasteiger partial charge in [-0.3, -0.25) is 10.1 Å². The second-order valence-corrected chi connectivity index (χ2v) is 4.42. The van der Waals surface area contributed by atoms with Crippen molar-refractivity contribution < 1.29 is 10.0 Å². The van der Waals surface area contributed by atoms with Crippen molar-refractivity contribution in [2.45, 2.75) is 13.0 Å². The lowest BCUT2D eigenvalue weighted by molar-refractivity contribution is -0.384. The van der Waals surface area contributed by atoms with Crippen molar-refractivity contribution in [1.82, 2.24) is 4.98 Å². The van der Waals surface area contributed by atoms with Crippen LogP contribution in [-0.4, -0.2) is 15.0 Å². The summed E-state index contributed by atoms with van der Waals surface area (Å²) in [5, 5.41) is 22.4. The zero-order valence-corrected chi connectivity index (χ0v) is 9.85. The Kier molecular flexibility index (Phi) is 3.16. The summed E-state index contributed by atoms with van der Waals surface area (Å²) in [6, 6.07) is 6.20. The molecule has 1 aromatic carbocycles. The Morgan fingerprint density at radius 2 is 2.06 bits per heavy atom. The summed E-state index contributed by atoms with van der Waals surface area (Å²) < 4.78 is 0. The molecule has 0 saturated heterocycles. The first-order valence-electron chi connectivity index (χ1n) is 4.96. The molecule has 0 aliphatic heterocycles. The highest BCUT2D eigenvalue weighted by atomic mass is 32.1. The fraction of sp³-hybridized carbons (Fsp3) is 0.182. The second kappa shape index (κ2) is 4.60. The summed E-state index contributed by atoms with van der Waals surface area (Å²) in [5.74, 6) is 0. The number of aromatic nitrogens is 1. The van der Waals surface area contributed by atoms with Crippen molar-refractivity contribution in [2.24, 2.45) is 0 Å². The van der Waals surface area contributed by atoms with Gasteiger partial charge in [0.05, 0.1) is 16.7 Å². The van der Waals surface area contributed by atoms with Crippen LogP contribution in [-0.2, 0) is 0 Å². The van der Waals surface area contributed by atoms with E-state index in [1.807, 2.05) is 0 Å². The van der Waals surface area contributed by atoms with Crippen LogP contribution >= 0.6 is 11.3 Å². The molecular weight excluding hydrogens is 240 g/mol. The predicted molar refractivity (Wildman–Crippen MR) is 64.8 cm³/mol. The maximum atomic E-state index is 10.5. The highest BCUT2D eigenvalue weighted by Gasteiger charge is 2.10. The van der Waals surface area contributed by atoms with Crippen LogP contribution in [0.1, 0.15) is 18.7 Å². The summed E-state index contributed by atoms with van der Waals surface area (Å²) in [7, 11) is 0. The van der Waals surface area contributed by atoms with Crippen LogP contribution in [0.4, 0.5) is 5.69 Å². The molecule has 0 bridgehead atoms. The van der Waals surface area contributed by atoms with Crippen molar-refractivity contribution in [1.29, 1.82) is 0 Å². The third-order valence-electron chi connectivity index (χ3n) is 2.28. The van der Waals surface area contributed by atoms with Crippen molar-refractivity contribution >= 4 is 17.0 Å². The number of non-ortho nitro benzene ring substituents is 1. The Balaban J connectivity index is 2.30. The van der Waals surface area contributed by atoms with E-state index in [1.165, 1.54) is 23.5 Å². The molecule has 0 aliphatic carbocycles. The molecule has 2 aromatic rings. The molecule has 1 heterocycles. The molecule has 0 fully saturated rings. The largest absolute Gasteiger partial charge is 0.387 e. The van der Waals surface area contributed by atoms with Crippen LogP contribution in [0.2, 0.25) is 0 Å². The van der Waals surface area contributed by atoms with E-state index in [0.29, 0.717) is 5.69 Å². The smallest absolute Gasteiger partial charge is 0.269 e. The van der Waals surface area contributed by atoms with Crippen molar-refractivity contribution in [3.63, 3.8) is 0 Å². The molecule has 0 spiro atoms. The van der Waals surface area contributed by atoms with Gasteiger partial charge >= 0.3 is 0 Å². The molecule has 1 atom stereocenters. The average Bonchev–Trinajstić information content (AvgIpc) is 2.78. The van der Waals surface area contributed by atoms with Gasteiger partial charge in [0, 0.05) is 23.1 Å². The summed E-state index contributed by atoms with van der Waals surface area (Å²) in [4.78, 5) is 14.3. The molecule has 6 heteroatoms. The van der Waals surface area contributed by atoms with E-state index in [2.05, 4.69) is 4.98 Å². The molecule has 17 heavy (non-hydrogen) atoms. The van der Waals surface area contributed by atoms with E-state index in [0.717, 1.165) is 10.6 Å². The van der Waals surface area contributed by atoms with Crippen LogP contribution in [0, 0.1) is 10.1 Å². The van der Waals surface area contributed by atoms with Crippen molar-refractivity contribution in [3.05, 3.63) is 45.5 Å². The molecule has 88 valence electrons. The third-order valence-corrected chi connectivity index (χ3v) is 3.18. The normalized spacial score (nSPS) is 12.4. The Hall–Kier alpha value is -1.79. The fourth-order valence-corrected chi connectivity index (χ4v) is 2.25. The minimum absolute atomic E-state index is 0.0565. The number of rotatable bonds is 3. The maximum Gasteiger partial charge on any atom is 0.269 e. The van der Waals surface area contributed by atoms with Gasteiger partial charge in [-0.25, -0.2) is 4.98 Å². The van der Waals surface area contributed by atoms with Crippen LogP contribution in [0.3, 0.4) is 0 Å². The summed E-state index contributed by atoms with van der Waals surface area (Å²) in [5.41, 5.74) is 1.48. The molecule has 0 aliphatic rings. The molecule has 0 amide bonds. The molecule has 5 nitrogen and oxygen atoms in total. The topological polar surface area (TPSA) is 76.3 Å². The lowest BCUT2D eigenvalue weighted by atomic mass is 10.2. The predicted octanol–water partition coefficient (Wildman–Crippen LogP) is 2.77. The zero-order chi connectivity index (χ0) is 12.4. The van der Waals surface area contributed by atoms with Gasteiger partial charge < -0.3 is 5.11 Å². The summed E-state index contributed by atoms with van der Waals surface area (Å²) >= 11 is 1.40. The van der Waals surface area contributed by atoms with Gasteiger partial charge in [-0.1, -0.05) is 0 Å². The highest BCUT2D eigenvalue weighted by Crippen LogP contribution is 2.27. The number of nitro benzene ring substituents is 1. The number of aliphatic hydroxyl groups excluding tert-OH is 1. The molecule has 1 aromatic heterocycles. The number of thiazole rings is 1. The Morgan fingerprint density at radius 1 is 1.41 bits per heavy atom. The number of hydrogen-bond donors (Lipinski definition) is 1. The van der Waals surface area contributed by atoms with Gasteiger partial charge in [-0.2, -0.15) is 0 Å². The van der Waals surface area contributed by atoms with Gasteiger partial charge in [0.1, 0.15) is 5.01 Å². The van der Waals surface area contributed by atoms with Gasteiger partial charge in [0.2, 0.25) is 0 Å². The molecule has 1 N–H and O–H groups in total. The van der Waals surface area contributed by atoms with E-state index in [1.54, 1.807) is 24.4 Å². The lowest BCUT2D eigenvalue weighted by Crippen LogP contribution is -1.90. The van der Waals surface area contributed by atoms with Crippen LogP contribution < -0.4 is 0 Å². The third kappa shape index (κ3) is 2.48. The fourth-order valence-electron chi connectivity index (χ4n) is 1.34. The van der Waals surface area contributed by atoms with Gasteiger partial charge in [0.15, 0.2) is 0 Å². The molecule has 2 rings (SSSR count). The van der Waals surface area contributed by atoms with E-state index < -0.39 is 11.0 Å². The minimum atomic E-state index is -0.599. The Labute approximate surface area is 102 Å². The van der Waals surface area contributed by atoms with Crippen LogP contribution in [0.5, 0.6) is 0 Å². The monoisotopic (exact) mass is 250 g/mol. The van der Waals surface area contributed by atoms with Crippen molar-refractivity contribution in [3.8, 4) is 10.6 Å². The SMILES string of the molecule is CC(O)c1csc(-c2ccc([N+](=O)[O-])cc2)n1. The standard InChI is InChI=1S/C11H10N2O3S/c1-7(14)10-6-17-11(12-10)8-2-4-9(5-3-8)13(15)16/h2-7,14H,1H3. The number of benzene rings is 1. The second-order valence-electron chi connectivity index (χ2n) is 3.56. The number of aliphatic hydroxyl groups is 1. The van der Waals surface area contributed by atoms with E-state index in [4.69, 9.17) is 0 Å². The van der Waals surface area contributed by atoms with E-state index >= 15 is 0 Å². The highest BCUT2D eigenvalue weighted by molar-refractivity contribution is 7.13. The van der Waals surface area contributed by atoms with Crippen LogP contribution in [0.15, 0.2) is 29.6 Å². The number of nitrogens with zero attached hydrogens (tertiary/aromatic N) is 2. The van der Waals surface area contributed by atoms with E-state index in [9.17, 15) is 15.2 Å². The Bertz CT molecular complexity index is 534. The molecule has 0 radical (unpaired) electrons. The first-order chi connectivity index (χ1) is 8.08. The maximum absolute atomic E-state index is 10.5. The van der Waals surface area contributed by atoms with Crippen molar-refractivity contribution in [2.75, 3.05) is 0 Å². The van der Waals surface area contributed by atoms with E-state index in [-0.39, 0.29) is 5.69 Å². The Morgan fingerprint density at radius 3 is 2.53 bits per heavy atom. The number of nitro groups is 1. The lowest BCUT2D eigenvalue weighted by Gasteiger charge is -1.98. The minimum Gasteiger partial charge on any atom is -0.387 e.